The number of likely N-dealkylation sites (tertiary alicyclic amines) is 1. The molecule has 0 aromatic heterocycles. The zero-order valence-corrected chi connectivity index (χ0v) is 20.2. The highest BCUT2D eigenvalue weighted by atomic mass is 19.1. The van der Waals surface area contributed by atoms with E-state index in [1.54, 1.807) is 44.6 Å². The fourth-order valence-corrected chi connectivity index (χ4v) is 4.32. The number of Topliss-reactive ketones (excluding diaryl/α,β-unsaturated/α-hetero) is 1. The third kappa shape index (κ3) is 4.75. The molecule has 3 aromatic rings. The highest BCUT2D eigenvalue weighted by Crippen LogP contribution is 2.40. The van der Waals surface area contributed by atoms with E-state index in [1.807, 2.05) is 12.1 Å². The summed E-state index contributed by atoms with van der Waals surface area (Å²) in [4.78, 5) is 27.8. The highest BCUT2D eigenvalue weighted by Gasteiger charge is 2.46. The van der Waals surface area contributed by atoms with Crippen LogP contribution in [0.1, 0.15) is 22.7 Å². The molecule has 8 heteroatoms. The number of rotatable bonds is 8. The summed E-state index contributed by atoms with van der Waals surface area (Å²) < 4.78 is 29.4. The van der Waals surface area contributed by atoms with Crippen molar-refractivity contribution in [3.63, 3.8) is 0 Å². The van der Waals surface area contributed by atoms with Gasteiger partial charge in [0.2, 0.25) is 0 Å². The SMILES string of the molecule is COc1cccc(C2/C(=C(/O)c3ccc(F)cc3)C(=O)C(=O)N2CCc2ccc(OC)c(OC)c2)c1. The smallest absolute Gasteiger partial charge is 0.295 e. The molecule has 1 aliphatic rings. The zero-order chi connectivity index (χ0) is 25.8. The summed E-state index contributed by atoms with van der Waals surface area (Å²) in [5.41, 5.74) is 1.65. The highest BCUT2D eigenvalue weighted by molar-refractivity contribution is 6.46. The maximum Gasteiger partial charge on any atom is 0.295 e. The van der Waals surface area contributed by atoms with E-state index in [-0.39, 0.29) is 23.4 Å². The summed E-state index contributed by atoms with van der Waals surface area (Å²) in [6.45, 7) is 0.197. The molecule has 3 aromatic carbocycles. The average Bonchev–Trinajstić information content (AvgIpc) is 3.16. The molecule has 1 aliphatic heterocycles. The molecule has 1 heterocycles. The van der Waals surface area contributed by atoms with Crippen LogP contribution in [0, 0.1) is 5.82 Å². The number of hydrogen-bond donors (Lipinski definition) is 1. The van der Waals surface area contributed by atoms with Crippen LogP contribution in [0.15, 0.2) is 72.3 Å². The van der Waals surface area contributed by atoms with E-state index in [4.69, 9.17) is 14.2 Å². The number of aliphatic hydroxyl groups is 1. The van der Waals surface area contributed by atoms with E-state index in [9.17, 15) is 19.1 Å². The number of ether oxygens (including phenoxy) is 3. The fraction of sp³-hybridized carbons (Fsp3) is 0.214. The van der Waals surface area contributed by atoms with Crippen molar-refractivity contribution in [2.45, 2.75) is 12.5 Å². The maximum absolute atomic E-state index is 13.5. The minimum Gasteiger partial charge on any atom is -0.507 e. The minimum absolute atomic E-state index is 0.0628. The van der Waals surface area contributed by atoms with Crippen molar-refractivity contribution in [1.82, 2.24) is 4.90 Å². The second kappa shape index (κ2) is 10.5. The topological polar surface area (TPSA) is 85.3 Å². The van der Waals surface area contributed by atoms with E-state index < -0.39 is 23.5 Å². The Morgan fingerprint density at radius 1 is 0.917 bits per heavy atom. The number of ketones is 1. The molecule has 1 amide bonds. The van der Waals surface area contributed by atoms with Gasteiger partial charge < -0.3 is 24.2 Å². The maximum atomic E-state index is 13.5. The first-order valence-corrected chi connectivity index (χ1v) is 11.3. The lowest BCUT2D eigenvalue weighted by molar-refractivity contribution is -0.139. The van der Waals surface area contributed by atoms with Gasteiger partial charge in [-0.2, -0.15) is 0 Å². The third-order valence-electron chi connectivity index (χ3n) is 6.16. The number of hydrogen-bond acceptors (Lipinski definition) is 6. The van der Waals surface area contributed by atoms with E-state index >= 15 is 0 Å². The summed E-state index contributed by atoms with van der Waals surface area (Å²) in [7, 11) is 4.61. The molecule has 4 rings (SSSR count). The Morgan fingerprint density at radius 3 is 2.31 bits per heavy atom. The van der Waals surface area contributed by atoms with Crippen molar-refractivity contribution in [2.75, 3.05) is 27.9 Å². The molecule has 0 aliphatic carbocycles. The second-order valence-electron chi connectivity index (χ2n) is 8.22. The molecule has 7 nitrogen and oxygen atoms in total. The van der Waals surface area contributed by atoms with Gasteiger partial charge in [0.15, 0.2) is 11.5 Å². The molecule has 0 radical (unpaired) electrons. The Hall–Kier alpha value is -4.33. The number of aliphatic hydroxyl groups excluding tert-OH is 1. The number of halogens is 1. The summed E-state index contributed by atoms with van der Waals surface area (Å²) in [5.74, 6) is -0.709. The summed E-state index contributed by atoms with van der Waals surface area (Å²) in [6, 6.07) is 16.7. The second-order valence-corrected chi connectivity index (χ2v) is 8.22. The Labute approximate surface area is 208 Å². The molecule has 0 spiro atoms. The number of carbonyl (C=O) groups is 2. The van der Waals surface area contributed by atoms with Crippen LogP contribution in [-0.4, -0.2) is 49.6 Å². The number of carbonyl (C=O) groups excluding carboxylic acids is 2. The van der Waals surface area contributed by atoms with Crippen LogP contribution in [0.3, 0.4) is 0 Å². The third-order valence-corrected chi connectivity index (χ3v) is 6.16. The fourth-order valence-electron chi connectivity index (χ4n) is 4.32. The molecule has 1 atom stereocenters. The lowest BCUT2D eigenvalue weighted by atomic mass is 9.95. The van der Waals surface area contributed by atoms with Crippen LogP contribution in [0.5, 0.6) is 17.2 Å². The van der Waals surface area contributed by atoms with Crippen LogP contribution < -0.4 is 14.2 Å². The number of methoxy groups -OCH3 is 3. The summed E-state index contributed by atoms with van der Waals surface area (Å²) in [6.07, 6.45) is 0.421. The van der Waals surface area contributed by atoms with Crippen molar-refractivity contribution in [3.8, 4) is 17.2 Å². The van der Waals surface area contributed by atoms with E-state index in [0.29, 0.717) is 29.2 Å². The van der Waals surface area contributed by atoms with E-state index in [0.717, 1.165) is 5.56 Å². The first kappa shape index (κ1) is 24.8. The molecule has 186 valence electrons. The van der Waals surface area contributed by atoms with Crippen molar-refractivity contribution in [1.29, 1.82) is 0 Å². The van der Waals surface area contributed by atoms with Gasteiger partial charge in [0.05, 0.1) is 32.9 Å². The predicted octanol–water partition coefficient (Wildman–Crippen LogP) is 4.52. The van der Waals surface area contributed by atoms with Gasteiger partial charge in [-0.25, -0.2) is 4.39 Å². The summed E-state index contributed by atoms with van der Waals surface area (Å²) in [5, 5.41) is 11.1. The van der Waals surface area contributed by atoms with Crippen molar-refractivity contribution in [2.24, 2.45) is 0 Å². The Morgan fingerprint density at radius 2 is 1.64 bits per heavy atom. The first-order valence-electron chi connectivity index (χ1n) is 11.3. The summed E-state index contributed by atoms with van der Waals surface area (Å²) >= 11 is 0. The first-order chi connectivity index (χ1) is 17.4. The molecular formula is C28H26FNO6. The van der Waals surface area contributed by atoms with Crippen LogP contribution in [0.25, 0.3) is 5.76 Å². The van der Waals surface area contributed by atoms with Gasteiger partial charge >= 0.3 is 0 Å². The lowest BCUT2D eigenvalue weighted by Crippen LogP contribution is -2.31. The predicted molar refractivity (Wildman–Crippen MR) is 132 cm³/mol. The monoisotopic (exact) mass is 491 g/mol. The minimum atomic E-state index is -0.856. The zero-order valence-electron chi connectivity index (χ0n) is 20.2. The van der Waals surface area contributed by atoms with Gasteiger partial charge in [-0.15, -0.1) is 0 Å². The average molecular weight is 492 g/mol. The molecule has 36 heavy (non-hydrogen) atoms. The number of benzene rings is 3. The Bertz CT molecular complexity index is 1320. The van der Waals surface area contributed by atoms with Crippen molar-refractivity contribution in [3.05, 3.63) is 94.8 Å². The van der Waals surface area contributed by atoms with Crippen molar-refractivity contribution < 1.29 is 33.3 Å². The normalized spacial score (nSPS) is 16.8. The largest absolute Gasteiger partial charge is 0.507 e. The number of amides is 1. The van der Waals surface area contributed by atoms with Gasteiger partial charge in [-0.3, -0.25) is 9.59 Å². The van der Waals surface area contributed by atoms with Crippen LogP contribution in [-0.2, 0) is 16.0 Å². The standard InChI is InChI=1S/C28H26FNO6/c1-34-21-6-4-5-19(16-21)25-24(26(31)18-8-10-20(29)11-9-18)27(32)28(33)30(25)14-13-17-7-12-22(35-2)23(15-17)36-3/h4-12,15-16,25,31H,13-14H2,1-3H3/b26-24-. The quantitative estimate of drug-likeness (QED) is 0.283. The number of nitrogens with zero attached hydrogens (tertiary/aromatic N) is 1. The molecule has 1 N–H and O–H groups in total. The lowest BCUT2D eigenvalue weighted by Gasteiger charge is -2.26. The van der Waals surface area contributed by atoms with Gasteiger partial charge in [0.1, 0.15) is 17.3 Å². The van der Waals surface area contributed by atoms with Crippen LogP contribution in [0.4, 0.5) is 4.39 Å². The Kier molecular flexibility index (Phi) is 7.24. The van der Waals surface area contributed by atoms with Crippen LogP contribution >= 0.6 is 0 Å². The molecule has 1 unspecified atom stereocenters. The van der Waals surface area contributed by atoms with E-state index in [1.165, 1.54) is 36.3 Å². The van der Waals surface area contributed by atoms with Crippen LogP contribution in [0.2, 0.25) is 0 Å². The molecule has 1 saturated heterocycles. The van der Waals surface area contributed by atoms with Gasteiger partial charge in [-0.1, -0.05) is 18.2 Å². The van der Waals surface area contributed by atoms with Gasteiger partial charge in [-0.05, 0) is 66.1 Å². The van der Waals surface area contributed by atoms with Gasteiger partial charge in [0, 0.05) is 12.1 Å². The Balaban J connectivity index is 1.75. The molecule has 0 bridgehead atoms. The van der Waals surface area contributed by atoms with Gasteiger partial charge in [0.25, 0.3) is 11.7 Å². The molecular weight excluding hydrogens is 465 g/mol. The van der Waals surface area contributed by atoms with E-state index in [2.05, 4.69) is 0 Å². The van der Waals surface area contributed by atoms with Crippen molar-refractivity contribution >= 4 is 17.4 Å². The molecule has 1 fully saturated rings. The molecule has 0 saturated carbocycles.